The molecule has 32 heavy (non-hydrogen) atoms. The number of Topliss-reactive ketones (excluding diaryl/α,β-unsaturated/α-hetero) is 1. The number of nitrogens with zero attached hydrogens (tertiary/aromatic N) is 3. The number of imidazole rings is 1. The Morgan fingerprint density at radius 3 is 2.41 bits per heavy atom. The monoisotopic (exact) mass is 431 g/mol. The van der Waals surface area contributed by atoms with Crippen LogP contribution in [0.2, 0.25) is 0 Å². The highest BCUT2D eigenvalue weighted by atomic mass is 16.5. The number of fused-ring (bicyclic) bond motifs is 1. The van der Waals surface area contributed by atoms with E-state index in [-0.39, 0.29) is 29.0 Å². The number of nitrogens with two attached hydrogens (primary N) is 1. The van der Waals surface area contributed by atoms with E-state index in [1.165, 1.54) is 6.33 Å². The van der Waals surface area contributed by atoms with Crippen LogP contribution in [0.3, 0.4) is 0 Å². The Morgan fingerprint density at radius 1 is 1.09 bits per heavy atom. The zero-order chi connectivity index (χ0) is 22.7. The number of benzene rings is 2. The number of aromatic nitrogens is 4. The third-order valence-electron chi connectivity index (χ3n) is 5.17. The fraction of sp³-hybridized carbons (Fsp3) is 0.250. The van der Waals surface area contributed by atoms with Gasteiger partial charge in [-0.3, -0.25) is 19.1 Å². The van der Waals surface area contributed by atoms with Gasteiger partial charge in [-0.15, -0.1) is 0 Å². The fourth-order valence-corrected chi connectivity index (χ4v) is 3.77. The van der Waals surface area contributed by atoms with Gasteiger partial charge in [0.15, 0.2) is 16.9 Å². The first-order valence-corrected chi connectivity index (χ1v) is 10.4. The van der Waals surface area contributed by atoms with Crippen molar-refractivity contribution in [3.63, 3.8) is 0 Å². The van der Waals surface area contributed by atoms with Gasteiger partial charge in [0.25, 0.3) is 5.56 Å². The van der Waals surface area contributed by atoms with Crippen molar-refractivity contribution < 1.29 is 9.53 Å². The second kappa shape index (κ2) is 9.15. The topological polar surface area (TPSA) is 116 Å². The zero-order valence-corrected chi connectivity index (χ0v) is 17.9. The van der Waals surface area contributed by atoms with Crippen molar-refractivity contribution >= 4 is 22.9 Å². The van der Waals surface area contributed by atoms with Gasteiger partial charge in [-0.1, -0.05) is 60.7 Å². The summed E-state index contributed by atoms with van der Waals surface area (Å²) in [5, 5.41) is 0. The Bertz CT molecular complexity index is 1270. The van der Waals surface area contributed by atoms with E-state index < -0.39 is 17.7 Å². The third-order valence-corrected chi connectivity index (χ3v) is 5.17. The van der Waals surface area contributed by atoms with Crippen LogP contribution in [0.1, 0.15) is 36.0 Å². The Labute approximate surface area is 185 Å². The van der Waals surface area contributed by atoms with Crippen molar-refractivity contribution in [2.75, 3.05) is 5.73 Å². The van der Waals surface area contributed by atoms with Gasteiger partial charge in [0.2, 0.25) is 5.95 Å². The molecule has 164 valence electrons. The van der Waals surface area contributed by atoms with Gasteiger partial charge in [0, 0.05) is 5.56 Å². The van der Waals surface area contributed by atoms with Crippen LogP contribution in [-0.2, 0) is 11.2 Å². The number of ketones is 1. The maximum Gasteiger partial charge on any atom is 0.280 e. The minimum Gasteiger partial charge on any atom is -0.369 e. The van der Waals surface area contributed by atoms with Gasteiger partial charge >= 0.3 is 0 Å². The number of hydrogen-bond acceptors (Lipinski definition) is 6. The van der Waals surface area contributed by atoms with E-state index in [4.69, 9.17) is 10.5 Å². The molecule has 2 unspecified atom stereocenters. The SMILES string of the molecule is CC(C)OC(C(Cc1ccccc1)C(=O)c1ccccc1)n1cnc2c(=O)[nH]c(N)nc21. The van der Waals surface area contributed by atoms with Crippen LogP contribution in [0.25, 0.3) is 11.2 Å². The molecule has 0 saturated heterocycles. The number of hydrogen-bond donors (Lipinski definition) is 2. The fourth-order valence-electron chi connectivity index (χ4n) is 3.77. The van der Waals surface area contributed by atoms with E-state index in [1.54, 1.807) is 16.7 Å². The molecule has 8 heteroatoms. The van der Waals surface area contributed by atoms with E-state index in [9.17, 15) is 9.59 Å². The van der Waals surface area contributed by atoms with Crippen molar-refractivity contribution in [3.8, 4) is 0 Å². The van der Waals surface area contributed by atoms with Gasteiger partial charge in [-0.2, -0.15) is 4.98 Å². The molecule has 0 bridgehead atoms. The smallest absolute Gasteiger partial charge is 0.280 e. The van der Waals surface area contributed by atoms with Crippen molar-refractivity contribution in [1.29, 1.82) is 0 Å². The molecule has 0 fully saturated rings. The molecular formula is C24H25N5O3. The van der Waals surface area contributed by atoms with Gasteiger partial charge in [0.1, 0.15) is 6.23 Å². The molecule has 2 aromatic carbocycles. The van der Waals surface area contributed by atoms with Crippen LogP contribution < -0.4 is 11.3 Å². The second-order valence-electron chi connectivity index (χ2n) is 7.88. The number of nitrogens with one attached hydrogen (secondary N) is 1. The number of ether oxygens (including phenoxy) is 1. The first-order valence-electron chi connectivity index (χ1n) is 10.4. The number of H-pyrrole nitrogens is 1. The summed E-state index contributed by atoms with van der Waals surface area (Å²) in [6, 6.07) is 18.9. The third kappa shape index (κ3) is 4.45. The number of carbonyl (C=O) groups is 1. The molecule has 2 heterocycles. The minimum absolute atomic E-state index is 0.0263. The largest absolute Gasteiger partial charge is 0.369 e. The molecule has 2 aromatic heterocycles. The molecule has 3 N–H and O–H groups in total. The predicted octanol–water partition coefficient (Wildman–Crippen LogP) is 3.37. The summed E-state index contributed by atoms with van der Waals surface area (Å²) in [4.78, 5) is 37.0. The number of carbonyl (C=O) groups excluding carboxylic acids is 1. The normalized spacial score (nSPS) is 13.3. The highest BCUT2D eigenvalue weighted by Crippen LogP contribution is 2.30. The van der Waals surface area contributed by atoms with E-state index in [2.05, 4.69) is 15.0 Å². The Kier molecular flexibility index (Phi) is 6.13. The summed E-state index contributed by atoms with van der Waals surface area (Å²) in [6.07, 6.45) is 0.972. The summed E-state index contributed by atoms with van der Waals surface area (Å²) in [5.41, 5.74) is 7.34. The highest BCUT2D eigenvalue weighted by Gasteiger charge is 2.34. The van der Waals surface area contributed by atoms with Crippen LogP contribution in [0.15, 0.2) is 71.8 Å². The van der Waals surface area contributed by atoms with Gasteiger partial charge in [-0.05, 0) is 25.8 Å². The standard InChI is InChI=1S/C24H25N5O3/c1-15(2)32-23(29-14-26-19-21(29)27-24(25)28-22(19)31)18(13-16-9-5-3-6-10-16)20(30)17-11-7-4-8-12-17/h3-12,14-15,18,23H,13H2,1-2H3,(H3,25,27,28,31). The molecule has 2 atom stereocenters. The molecule has 0 aliphatic rings. The lowest BCUT2D eigenvalue weighted by Crippen LogP contribution is -2.32. The quantitative estimate of drug-likeness (QED) is 0.413. The number of rotatable bonds is 8. The van der Waals surface area contributed by atoms with Crippen LogP contribution in [-0.4, -0.2) is 31.4 Å². The lowest BCUT2D eigenvalue weighted by Gasteiger charge is -2.29. The van der Waals surface area contributed by atoms with E-state index in [0.29, 0.717) is 12.0 Å². The number of nitrogen functional groups attached to an aromatic ring is 1. The predicted molar refractivity (Wildman–Crippen MR) is 122 cm³/mol. The lowest BCUT2D eigenvalue weighted by atomic mass is 9.89. The van der Waals surface area contributed by atoms with Crippen LogP contribution in [0, 0.1) is 5.92 Å². The first-order chi connectivity index (χ1) is 15.4. The second-order valence-corrected chi connectivity index (χ2v) is 7.88. The molecule has 4 aromatic rings. The molecule has 0 radical (unpaired) electrons. The summed E-state index contributed by atoms with van der Waals surface area (Å²) < 4.78 is 7.90. The molecule has 4 rings (SSSR count). The van der Waals surface area contributed by atoms with Crippen molar-refractivity contribution in [3.05, 3.63) is 88.5 Å². The highest BCUT2D eigenvalue weighted by molar-refractivity contribution is 5.98. The lowest BCUT2D eigenvalue weighted by molar-refractivity contribution is -0.0623. The van der Waals surface area contributed by atoms with Gasteiger partial charge < -0.3 is 10.5 Å². The van der Waals surface area contributed by atoms with Crippen molar-refractivity contribution in [2.45, 2.75) is 32.6 Å². The molecule has 0 aliphatic heterocycles. The molecule has 0 aliphatic carbocycles. The van der Waals surface area contributed by atoms with Gasteiger partial charge in [0.05, 0.1) is 18.3 Å². The molecule has 0 amide bonds. The van der Waals surface area contributed by atoms with Gasteiger partial charge in [-0.25, -0.2) is 4.98 Å². The van der Waals surface area contributed by atoms with E-state index in [1.807, 2.05) is 62.4 Å². The van der Waals surface area contributed by atoms with Crippen LogP contribution in [0.4, 0.5) is 5.95 Å². The van der Waals surface area contributed by atoms with E-state index >= 15 is 0 Å². The summed E-state index contributed by atoms with van der Waals surface area (Å²) in [5.74, 6) is -0.691. The zero-order valence-electron chi connectivity index (χ0n) is 17.9. The maximum absolute atomic E-state index is 13.7. The van der Waals surface area contributed by atoms with Crippen LogP contribution in [0.5, 0.6) is 0 Å². The first kappa shape index (κ1) is 21.5. The maximum atomic E-state index is 13.7. The molecule has 0 saturated carbocycles. The summed E-state index contributed by atoms with van der Waals surface area (Å²) in [7, 11) is 0. The number of anilines is 1. The average molecular weight is 431 g/mol. The summed E-state index contributed by atoms with van der Waals surface area (Å²) in [6.45, 7) is 3.79. The van der Waals surface area contributed by atoms with Crippen molar-refractivity contribution in [2.24, 2.45) is 5.92 Å². The molecular weight excluding hydrogens is 406 g/mol. The summed E-state index contributed by atoms with van der Waals surface area (Å²) >= 11 is 0. The minimum atomic E-state index is -0.749. The number of aromatic amines is 1. The molecule has 8 nitrogen and oxygen atoms in total. The Hall–Kier alpha value is -3.78. The van der Waals surface area contributed by atoms with Crippen molar-refractivity contribution in [1.82, 2.24) is 19.5 Å². The van der Waals surface area contributed by atoms with E-state index in [0.717, 1.165) is 5.56 Å². The average Bonchev–Trinajstić information content (AvgIpc) is 3.21. The Balaban J connectivity index is 1.86. The Morgan fingerprint density at radius 2 is 1.75 bits per heavy atom. The molecule has 0 spiro atoms. The van der Waals surface area contributed by atoms with Crippen LogP contribution >= 0.6 is 0 Å².